The Kier molecular flexibility index (Phi) is 4.36. The van der Waals surface area contributed by atoms with Gasteiger partial charge in [-0.15, -0.1) is 0 Å². The fraction of sp³-hybridized carbons (Fsp3) is 0.533. The summed E-state index contributed by atoms with van der Waals surface area (Å²) in [7, 11) is 0. The predicted octanol–water partition coefficient (Wildman–Crippen LogP) is 0.463. The summed E-state index contributed by atoms with van der Waals surface area (Å²) in [6, 6.07) is 6.53. The summed E-state index contributed by atoms with van der Waals surface area (Å²) in [6.07, 6.45) is 0. The van der Waals surface area contributed by atoms with Gasteiger partial charge in [0.25, 0.3) is 0 Å². The average Bonchev–Trinajstić information content (AvgIpc) is 2.56. The lowest BCUT2D eigenvalue weighted by Crippen LogP contribution is -2.57. The van der Waals surface area contributed by atoms with Crippen molar-refractivity contribution in [2.45, 2.75) is 6.04 Å². The molecule has 1 aromatic carbocycles. The van der Waals surface area contributed by atoms with Crippen molar-refractivity contribution in [3.05, 3.63) is 30.1 Å². The summed E-state index contributed by atoms with van der Waals surface area (Å²) in [5.74, 6) is -0.123. The van der Waals surface area contributed by atoms with Crippen LogP contribution in [0.15, 0.2) is 24.3 Å². The molecule has 2 aliphatic heterocycles. The Hall–Kier alpha value is -1.66. The van der Waals surface area contributed by atoms with Crippen LogP contribution in [-0.2, 0) is 9.53 Å². The van der Waals surface area contributed by atoms with Crippen molar-refractivity contribution in [2.24, 2.45) is 0 Å². The highest BCUT2D eigenvalue weighted by Crippen LogP contribution is 2.20. The minimum atomic E-state index is -0.237. The van der Waals surface area contributed by atoms with Crippen LogP contribution < -0.4 is 10.2 Å². The van der Waals surface area contributed by atoms with E-state index < -0.39 is 0 Å². The van der Waals surface area contributed by atoms with Crippen LogP contribution in [0.5, 0.6) is 0 Å². The normalized spacial score (nSPS) is 23.2. The van der Waals surface area contributed by atoms with Gasteiger partial charge in [0.05, 0.1) is 18.9 Å². The van der Waals surface area contributed by atoms with Crippen LogP contribution in [0.25, 0.3) is 0 Å². The van der Waals surface area contributed by atoms with E-state index in [1.165, 1.54) is 6.07 Å². The number of piperazine rings is 1. The molecule has 0 bridgehead atoms. The van der Waals surface area contributed by atoms with Gasteiger partial charge in [-0.3, -0.25) is 4.79 Å². The second kappa shape index (κ2) is 6.41. The number of nitrogens with zero attached hydrogens (tertiary/aromatic N) is 2. The van der Waals surface area contributed by atoms with Gasteiger partial charge in [-0.25, -0.2) is 4.39 Å². The Bertz CT molecular complexity index is 497. The van der Waals surface area contributed by atoms with E-state index in [0.717, 1.165) is 0 Å². The van der Waals surface area contributed by atoms with Crippen molar-refractivity contribution in [3.63, 3.8) is 0 Å². The smallest absolute Gasteiger partial charge is 0.242 e. The third kappa shape index (κ3) is 3.16. The molecule has 3 rings (SSSR count). The van der Waals surface area contributed by atoms with Crippen molar-refractivity contribution in [3.8, 4) is 0 Å². The summed E-state index contributed by atoms with van der Waals surface area (Å²) < 4.78 is 19.1. The molecule has 1 aromatic rings. The van der Waals surface area contributed by atoms with Crippen LogP contribution in [0.3, 0.4) is 0 Å². The van der Waals surface area contributed by atoms with Crippen molar-refractivity contribution < 1.29 is 13.9 Å². The zero-order valence-corrected chi connectivity index (χ0v) is 11.9. The molecule has 2 aliphatic rings. The number of anilines is 1. The van der Waals surface area contributed by atoms with Crippen molar-refractivity contribution >= 4 is 11.6 Å². The Labute approximate surface area is 123 Å². The Morgan fingerprint density at radius 1 is 1.24 bits per heavy atom. The fourth-order valence-corrected chi connectivity index (χ4v) is 2.82. The van der Waals surface area contributed by atoms with Gasteiger partial charge < -0.3 is 19.9 Å². The molecule has 0 aromatic heterocycles. The number of rotatable bonds is 2. The quantitative estimate of drug-likeness (QED) is 0.860. The van der Waals surface area contributed by atoms with Crippen LogP contribution in [0.2, 0.25) is 0 Å². The number of morpholine rings is 1. The molecule has 2 fully saturated rings. The van der Waals surface area contributed by atoms with Crippen LogP contribution in [0.4, 0.5) is 10.1 Å². The monoisotopic (exact) mass is 293 g/mol. The molecule has 2 saturated heterocycles. The maximum atomic E-state index is 13.8. The highest BCUT2D eigenvalue weighted by atomic mass is 19.1. The first kappa shape index (κ1) is 14.3. The molecule has 5 nitrogen and oxygen atoms in total. The van der Waals surface area contributed by atoms with Gasteiger partial charge >= 0.3 is 0 Å². The lowest BCUT2D eigenvalue weighted by molar-refractivity contribution is -0.136. The summed E-state index contributed by atoms with van der Waals surface area (Å²) >= 11 is 0. The van der Waals surface area contributed by atoms with Gasteiger partial charge in [0.15, 0.2) is 0 Å². The van der Waals surface area contributed by atoms with Gasteiger partial charge in [0.1, 0.15) is 11.9 Å². The number of carbonyl (C=O) groups is 1. The van der Waals surface area contributed by atoms with E-state index >= 15 is 0 Å². The summed E-state index contributed by atoms with van der Waals surface area (Å²) in [5, 5.41) is 3.18. The molecule has 2 heterocycles. The minimum Gasteiger partial charge on any atom is -0.378 e. The lowest BCUT2D eigenvalue weighted by Gasteiger charge is -2.38. The van der Waals surface area contributed by atoms with Crippen LogP contribution in [0.1, 0.15) is 0 Å². The highest BCUT2D eigenvalue weighted by Gasteiger charge is 2.29. The van der Waals surface area contributed by atoms with Gasteiger partial charge in [0, 0.05) is 32.7 Å². The topological polar surface area (TPSA) is 44.8 Å². The molecule has 0 unspecified atom stereocenters. The molecular weight excluding hydrogens is 273 g/mol. The molecule has 21 heavy (non-hydrogen) atoms. The third-order valence-corrected chi connectivity index (χ3v) is 4.00. The summed E-state index contributed by atoms with van der Waals surface area (Å²) in [4.78, 5) is 16.2. The van der Waals surface area contributed by atoms with Crippen molar-refractivity contribution in [2.75, 3.05) is 50.8 Å². The SMILES string of the molecule is O=C([C@H]1COCCN1)N1CCN(c2ccccc2F)CC1. The number of carbonyl (C=O) groups excluding carboxylic acids is 1. The van der Waals surface area contributed by atoms with Gasteiger partial charge in [-0.05, 0) is 12.1 Å². The molecule has 6 heteroatoms. The van der Waals surface area contributed by atoms with E-state index in [0.29, 0.717) is 51.6 Å². The van der Waals surface area contributed by atoms with E-state index in [9.17, 15) is 9.18 Å². The van der Waals surface area contributed by atoms with E-state index in [2.05, 4.69) is 5.32 Å². The maximum Gasteiger partial charge on any atom is 0.242 e. The van der Waals surface area contributed by atoms with E-state index in [1.807, 2.05) is 15.9 Å². The number of hydrogen-bond donors (Lipinski definition) is 1. The average molecular weight is 293 g/mol. The number of nitrogens with one attached hydrogen (secondary N) is 1. The van der Waals surface area contributed by atoms with Crippen molar-refractivity contribution in [1.29, 1.82) is 0 Å². The van der Waals surface area contributed by atoms with Crippen LogP contribution >= 0.6 is 0 Å². The molecule has 114 valence electrons. The van der Waals surface area contributed by atoms with Gasteiger partial charge in [-0.2, -0.15) is 0 Å². The zero-order valence-electron chi connectivity index (χ0n) is 11.9. The highest BCUT2D eigenvalue weighted by molar-refractivity contribution is 5.82. The first-order chi connectivity index (χ1) is 10.3. The maximum absolute atomic E-state index is 13.8. The number of ether oxygens (including phenoxy) is 1. The van der Waals surface area contributed by atoms with Crippen LogP contribution in [0, 0.1) is 5.82 Å². The summed E-state index contributed by atoms with van der Waals surface area (Å²) in [5.41, 5.74) is 0.615. The molecule has 1 N–H and O–H groups in total. The Morgan fingerprint density at radius 2 is 2.00 bits per heavy atom. The van der Waals surface area contributed by atoms with Gasteiger partial charge in [-0.1, -0.05) is 12.1 Å². The molecule has 0 spiro atoms. The molecule has 1 atom stereocenters. The first-order valence-corrected chi connectivity index (χ1v) is 7.35. The largest absolute Gasteiger partial charge is 0.378 e. The first-order valence-electron chi connectivity index (χ1n) is 7.35. The molecule has 0 radical (unpaired) electrons. The molecule has 0 saturated carbocycles. The van der Waals surface area contributed by atoms with E-state index in [-0.39, 0.29) is 17.8 Å². The third-order valence-electron chi connectivity index (χ3n) is 4.00. The molecular formula is C15H20FN3O2. The summed E-state index contributed by atoms with van der Waals surface area (Å²) in [6.45, 7) is 4.35. The van der Waals surface area contributed by atoms with Gasteiger partial charge in [0.2, 0.25) is 5.91 Å². The lowest BCUT2D eigenvalue weighted by atomic mass is 10.2. The second-order valence-corrected chi connectivity index (χ2v) is 5.35. The molecule has 0 aliphatic carbocycles. The fourth-order valence-electron chi connectivity index (χ4n) is 2.82. The van der Waals surface area contributed by atoms with E-state index in [4.69, 9.17) is 4.74 Å². The number of halogens is 1. The predicted molar refractivity (Wildman–Crippen MR) is 77.8 cm³/mol. The van der Waals surface area contributed by atoms with E-state index in [1.54, 1.807) is 12.1 Å². The standard InChI is InChI=1S/C15H20FN3O2/c16-12-3-1-2-4-14(12)18-6-8-19(9-7-18)15(20)13-11-21-10-5-17-13/h1-4,13,17H,5-11H2/t13-/m1/s1. The van der Waals surface area contributed by atoms with Crippen molar-refractivity contribution in [1.82, 2.24) is 10.2 Å². The van der Waals surface area contributed by atoms with Crippen LogP contribution in [-0.4, -0.2) is 62.8 Å². The number of benzene rings is 1. The zero-order chi connectivity index (χ0) is 14.7. The number of amides is 1. The Balaban J connectivity index is 1.57. The minimum absolute atomic E-state index is 0.0860. The number of hydrogen-bond acceptors (Lipinski definition) is 4. The second-order valence-electron chi connectivity index (χ2n) is 5.35. The molecule has 1 amide bonds. The number of para-hydroxylation sites is 1. The Morgan fingerprint density at radius 3 is 2.67 bits per heavy atom.